The average Bonchev–Trinajstić information content (AvgIpc) is 3.45. The number of hydrogen-bond acceptors (Lipinski definition) is 8. The topological polar surface area (TPSA) is 151 Å². The Kier molecular flexibility index (Phi) is 4.75. The largest absolute Gasteiger partial charge is 0.368 e. The smallest absolute Gasteiger partial charge is 0.267 e. The van der Waals surface area contributed by atoms with Crippen LogP contribution in [0.4, 0.5) is 11.8 Å². The number of fused-ring (bicyclic) bond motifs is 1. The maximum absolute atomic E-state index is 13.6. The van der Waals surface area contributed by atoms with Crippen LogP contribution in [0.25, 0.3) is 16.6 Å². The zero-order valence-electron chi connectivity index (χ0n) is 17.0. The molecule has 1 fully saturated rings. The van der Waals surface area contributed by atoms with E-state index in [1.807, 2.05) is 0 Å². The Morgan fingerprint density at radius 1 is 1.34 bits per heavy atom. The van der Waals surface area contributed by atoms with Gasteiger partial charge < -0.3 is 11.1 Å². The number of anilines is 2. The second-order valence-electron chi connectivity index (χ2n) is 7.66. The Labute approximate surface area is 187 Å². The molecule has 3 heterocycles. The Balaban J connectivity index is 1.75. The van der Waals surface area contributed by atoms with E-state index in [4.69, 9.17) is 22.3 Å². The molecule has 0 saturated heterocycles. The van der Waals surface area contributed by atoms with Crippen LogP contribution in [0.2, 0.25) is 5.02 Å². The van der Waals surface area contributed by atoms with Crippen molar-refractivity contribution in [2.45, 2.75) is 25.8 Å². The number of nitrogens with zero attached hydrogens (tertiary/aromatic N) is 6. The van der Waals surface area contributed by atoms with Crippen LogP contribution in [-0.4, -0.2) is 29.7 Å². The van der Waals surface area contributed by atoms with Crippen molar-refractivity contribution >= 4 is 34.3 Å². The van der Waals surface area contributed by atoms with Crippen molar-refractivity contribution < 1.29 is 0 Å². The van der Waals surface area contributed by atoms with Crippen LogP contribution in [0, 0.1) is 24.2 Å². The van der Waals surface area contributed by atoms with E-state index < -0.39 is 6.04 Å². The molecule has 1 atom stereocenters. The van der Waals surface area contributed by atoms with Gasteiger partial charge in [0, 0.05) is 6.20 Å². The first kappa shape index (κ1) is 20.0. The number of nitrogen functional groups attached to an aromatic ring is 1. The normalized spacial score (nSPS) is 14.3. The number of benzene rings is 1. The lowest BCUT2D eigenvalue weighted by Gasteiger charge is -2.23. The maximum Gasteiger partial charge on any atom is 0.267 e. The minimum atomic E-state index is -0.401. The lowest BCUT2D eigenvalue weighted by Crippen LogP contribution is -2.29. The van der Waals surface area contributed by atoms with E-state index in [0.717, 1.165) is 12.8 Å². The lowest BCUT2D eigenvalue weighted by molar-refractivity contribution is 0.609. The van der Waals surface area contributed by atoms with Crippen LogP contribution in [-0.2, 0) is 0 Å². The molecule has 160 valence electrons. The van der Waals surface area contributed by atoms with Crippen LogP contribution in [0.3, 0.4) is 0 Å². The van der Waals surface area contributed by atoms with Crippen LogP contribution >= 0.6 is 11.6 Å². The summed E-state index contributed by atoms with van der Waals surface area (Å²) in [6.45, 7) is 1.70. The summed E-state index contributed by atoms with van der Waals surface area (Å²) in [5.74, 6) is 1.05. The summed E-state index contributed by atoms with van der Waals surface area (Å²) in [6, 6.07) is 6.90. The van der Waals surface area contributed by atoms with E-state index >= 15 is 0 Å². The van der Waals surface area contributed by atoms with E-state index in [1.54, 1.807) is 37.5 Å². The first-order valence-electron chi connectivity index (χ1n) is 9.99. The number of aromatic nitrogens is 6. The molecule has 0 bridgehead atoms. The van der Waals surface area contributed by atoms with Crippen molar-refractivity contribution in [3.05, 3.63) is 63.1 Å². The summed E-state index contributed by atoms with van der Waals surface area (Å²) < 4.78 is 1.50. The second-order valence-corrected chi connectivity index (χ2v) is 8.07. The van der Waals surface area contributed by atoms with E-state index in [9.17, 15) is 10.1 Å². The van der Waals surface area contributed by atoms with Crippen LogP contribution < -0.4 is 16.6 Å². The van der Waals surface area contributed by atoms with Gasteiger partial charge in [0.1, 0.15) is 23.3 Å². The first-order chi connectivity index (χ1) is 15.5. The highest BCUT2D eigenvalue weighted by Gasteiger charge is 2.37. The van der Waals surface area contributed by atoms with E-state index in [-0.39, 0.29) is 17.4 Å². The number of rotatable bonds is 5. The molecule has 1 aliphatic rings. The van der Waals surface area contributed by atoms with Crippen LogP contribution in [0.15, 0.2) is 35.4 Å². The fourth-order valence-corrected chi connectivity index (χ4v) is 4.08. The van der Waals surface area contributed by atoms with E-state index in [0.29, 0.717) is 44.5 Å². The SMILES string of the molecule is Cc1nc(N)nc(NC(c2nc3cccc(Cl)c3c(=O)n2-c2cn[nH]c2)C2CC2)c1C#N. The zero-order valence-corrected chi connectivity index (χ0v) is 17.8. The fourth-order valence-electron chi connectivity index (χ4n) is 3.83. The van der Waals surface area contributed by atoms with Crippen LogP contribution in [0.1, 0.15) is 36.0 Å². The molecular formula is C21H18ClN9O. The molecule has 1 aliphatic carbocycles. The van der Waals surface area contributed by atoms with Crippen molar-refractivity contribution in [2.75, 3.05) is 11.1 Å². The Hall–Kier alpha value is -3.97. The molecule has 11 heteroatoms. The van der Waals surface area contributed by atoms with Crippen molar-refractivity contribution in [2.24, 2.45) is 5.92 Å². The first-order valence-corrected chi connectivity index (χ1v) is 10.4. The van der Waals surface area contributed by atoms with Gasteiger partial charge in [-0.2, -0.15) is 15.3 Å². The standard InChI is InChI=1S/C21H18ClN9O/c1-10-13(7-23)18(30-21(24)27-10)29-17(11-5-6-11)19-28-15-4-2-3-14(22)16(15)20(32)31(19)12-8-25-26-9-12/h2-4,8-9,11,17H,5-6H2,1H3,(H,25,26)(H3,24,27,29,30). The van der Waals surface area contributed by atoms with Crippen LogP contribution in [0.5, 0.6) is 0 Å². The lowest BCUT2D eigenvalue weighted by atomic mass is 10.1. The molecule has 4 aromatic rings. The van der Waals surface area contributed by atoms with Gasteiger partial charge in [-0.1, -0.05) is 17.7 Å². The number of halogens is 1. The highest BCUT2D eigenvalue weighted by molar-refractivity contribution is 6.35. The van der Waals surface area contributed by atoms with Gasteiger partial charge in [0.25, 0.3) is 5.56 Å². The summed E-state index contributed by atoms with van der Waals surface area (Å²) >= 11 is 6.35. The third-order valence-electron chi connectivity index (χ3n) is 5.50. The third kappa shape index (κ3) is 3.33. The molecule has 3 aromatic heterocycles. The van der Waals surface area contributed by atoms with Crippen molar-refractivity contribution in [1.29, 1.82) is 5.26 Å². The van der Waals surface area contributed by atoms with Gasteiger partial charge in [-0.3, -0.25) is 14.5 Å². The number of aromatic amines is 1. The van der Waals surface area contributed by atoms with E-state index in [2.05, 4.69) is 31.6 Å². The molecule has 0 spiro atoms. The van der Waals surface area contributed by atoms with Gasteiger partial charge in [0.05, 0.1) is 39.5 Å². The molecule has 1 unspecified atom stereocenters. The molecular weight excluding hydrogens is 430 g/mol. The van der Waals surface area contributed by atoms with Gasteiger partial charge in [0.15, 0.2) is 0 Å². The highest BCUT2D eigenvalue weighted by atomic mass is 35.5. The van der Waals surface area contributed by atoms with Crippen molar-refractivity contribution in [1.82, 2.24) is 29.7 Å². The zero-order chi connectivity index (χ0) is 22.4. The van der Waals surface area contributed by atoms with Gasteiger partial charge in [-0.15, -0.1) is 0 Å². The Morgan fingerprint density at radius 2 is 2.16 bits per heavy atom. The third-order valence-corrected chi connectivity index (χ3v) is 5.81. The van der Waals surface area contributed by atoms with Crippen molar-refractivity contribution in [3.63, 3.8) is 0 Å². The number of nitrogens with one attached hydrogen (secondary N) is 2. The number of H-pyrrole nitrogens is 1. The summed E-state index contributed by atoms with van der Waals surface area (Å²) in [4.78, 5) is 26.7. The maximum atomic E-state index is 13.6. The number of aryl methyl sites for hydroxylation is 1. The Bertz CT molecular complexity index is 1430. The molecule has 1 aromatic carbocycles. The molecule has 4 N–H and O–H groups in total. The van der Waals surface area contributed by atoms with Gasteiger partial charge >= 0.3 is 0 Å². The van der Waals surface area contributed by atoms with Gasteiger partial charge in [-0.05, 0) is 37.8 Å². The molecule has 0 aliphatic heterocycles. The molecule has 10 nitrogen and oxygen atoms in total. The Morgan fingerprint density at radius 3 is 2.84 bits per heavy atom. The molecule has 0 radical (unpaired) electrons. The summed E-state index contributed by atoms with van der Waals surface area (Å²) in [6.07, 6.45) is 5.04. The number of nitriles is 1. The fraction of sp³-hybridized carbons (Fsp3) is 0.238. The molecule has 0 amide bonds. The average molecular weight is 448 g/mol. The monoisotopic (exact) mass is 447 g/mol. The molecule has 5 rings (SSSR count). The van der Waals surface area contributed by atoms with E-state index in [1.165, 1.54) is 4.57 Å². The quantitative estimate of drug-likeness (QED) is 0.422. The minimum Gasteiger partial charge on any atom is -0.368 e. The van der Waals surface area contributed by atoms with Gasteiger partial charge in [-0.25, -0.2) is 9.97 Å². The summed E-state index contributed by atoms with van der Waals surface area (Å²) in [5.41, 5.74) is 7.33. The van der Waals surface area contributed by atoms with Crippen molar-refractivity contribution in [3.8, 4) is 11.8 Å². The van der Waals surface area contributed by atoms with Gasteiger partial charge in [0.2, 0.25) is 5.95 Å². The predicted octanol–water partition coefficient (Wildman–Crippen LogP) is 2.88. The summed E-state index contributed by atoms with van der Waals surface area (Å²) in [5, 5.41) is 20.4. The number of hydrogen-bond donors (Lipinski definition) is 3. The predicted molar refractivity (Wildman–Crippen MR) is 119 cm³/mol. The summed E-state index contributed by atoms with van der Waals surface area (Å²) in [7, 11) is 0. The molecule has 32 heavy (non-hydrogen) atoms. The second kappa shape index (κ2) is 7.62. The number of nitrogens with two attached hydrogens (primary N) is 1. The highest BCUT2D eigenvalue weighted by Crippen LogP contribution is 2.43. The molecule has 1 saturated carbocycles. The minimum absolute atomic E-state index is 0.0593.